The predicted octanol–water partition coefficient (Wildman–Crippen LogP) is 5.08. The standard InChI is InChI=1S/C17H25F3N2.2ClH/c1-2-3-4-8-16(22-11-9-21-10-12-22)14-6-5-7-15(13-14)17(18,19)20;;/h5-7,13,16,21H,2-4,8-12H2,1H3;2*1H/t16-;;/m0../s1. The molecule has 1 aliphatic heterocycles. The summed E-state index contributed by atoms with van der Waals surface area (Å²) in [6.07, 6.45) is -0.0393. The van der Waals surface area contributed by atoms with Gasteiger partial charge >= 0.3 is 6.18 Å². The maximum Gasteiger partial charge on any atom is 0.416 e. The molecule has 0 spiro atoms. The van der Waals surface area contributed by atoms with Crippen LogP contribution in [0, 0.1) is 0 Å². The van der Waals surface area contributed by atoms with Gasteiger partial charge in [-0.15, -0.1) is 24.8 Å². The van der Waals surface area contributed by atoms with E-state index in [0.717, 1.165) is 63.5 Å². The largest absolute Gasteiger partial charge is 0.416 e. The fourth-order valence-electron chi connectivity index (χ4n) is 3.06. The number of alkyl halides is 3. The fraction of sp³-hybridized carbons (Fsp3) is 0.647. The molecule has 1 aromatic carbocycles. The van der Waals surface area contributed by atoms with E-state index in [4.69, 9.17) is 0 Å². The van der Waals surface area contributed by atoms with Crippen molar-refractivity contribution in [3.8, 4) is 0 Å². The monoisotopic (exact) mass is 386 g/mol. The highest BCUT2D eigenvalue weighted by molar-refractivity contribution is 5.85. The number of nitrogens with zero attached hydrogens (tertiary/aromatic N) is 1. The summed E-state index contributed by atoms with van der Waals surface area (Å²) >= 11 is 0. The zero-order chi connectivity index (χ0) is 16.0. The van der Waals surface area contributed by atoms with Crippen LogP contribution in [-0.4, -0.2) is 31.1 Å². The lowest BCUT2D eigenvalue weighted by atomic mass is 9.96. The van der Waals surface area contributed by atoms with Crippen molar-refractivity contribution in [2.75, 3.05) is 26.2 Å². The van der Waals surface area contributed by atoms with Crippen molar-refractivity contribution in [3.05, 3.63) is 35.4 Å². The van der Waals surface area contributed by atoms with E-state index in [1.807, 2.05) is 6.07 Å². The lowest BCUT2D eigenvalue weighted by Gasteiger charge is -2.35. The van der Waals surface area contributed by atoms with E-state index in [1.54, 1.807) is 0 Å². The van der Waals surface area contributed by atoms with Crippen LogP contribution < -0.4 is 5.32 Å². The first kappa shape index (κ1) is 23.5. The molecule has 1 N–H and O–H groups in total. The second kappa shape index (κ2) is 11.2. The van der Waals surface area contributed by atoms with Gasteiger partial charge in [-0.1, -0.05) is 38.3 Å². The molecular weight excluding hydrogens is 360 g/mol. The number of hydrogen-bond donors (Lipinski definition) is 1. The first-order chi connectivity index (χ1) is 10.5. The minimum atomic E-state index is -4.27. The lowest BCUT2D eigenvalue weighted by Crippen LogP contribution is -2.45. The van der Waals surface area contributed by atoms with Crippen LogP contribution in [0.15, 0.2) is 24.3 Å². The first-order valence-corrected chi connectivity index (χ1v) is 8.14. The Balaban J connectivity index is 0.00000264. The van der Waals surface area contributed by atoms with Crippen LogP contribution in [-0.2, 0) is 6.18 Å². The lowest BCUT2D eigenvalue weighted by molar-refractivity contribution is -0.137. The quantitative estimate of drug-likeness (QED) is 0.686. The summed E-state index contributed by atoms with van der Waals surface area (Å²) in [6, 6.07) is 5.96. The van der Waals surface area contributed by atoms with Crippen LogP contribution in [0.1, 0.15) is 49.8 Å². The van der Waals surface area contributed by atoms with E-state index in [-0.39, 0.29) is 30.9 Å². The van der Waals surface area contributed by atoms with Gasteiger partial charge in [0.05, 0.1) is 5.56 Å². The topological polar surface area (TPSA) is 15.3 Å². The van der Waals surface area contributed by atoms with Crippen molar-refractivity contribution in [2.45, 2.75) is 44.8 Å². The zero-order valence-electron chi connectivity index (χ0n) is 13.9. The number of hydrogen-bond acceptors (Lipinski definition) is 2. The van der Waals surface area contributed by atoms with E-state index in [0.29, 0.717) is 0 Å². The maximum atomic E-state index is 13.0. The molecule has 0 radical (unpaired) electrons. The van der Waals surface area contributed by atoms with Gasteiger partial charge in [-0.3, -0.25) is 4.90 Å². The van der Waals surface area contributed by atoms with Crippen molar-refractivity contribution in [1.82, 2.24) is 10.2 Å². The second-order valence-corrected chi connectivity index (χ2v) is 5.92. The van der Waals surface area contributed by atoms with Gasteiger partial charge in [0.2, 0.25) is 0 Å². The Morgan fingerprint density at radius 1 is 1.12 bits per heavy atom. The highest BCUT2D eigenvalue weighted by atomic mass is 35.5. The average molecular weight is 387 g/mol. The Kier molecular flexibility index (Phi) is 11.0. The third-order valence-electron chi connectivity index (χ3n) is 4.27. The summed E-state index contributed by atoms with van der Waals surface area (Å²) in [5.74, 6) is 0. The molecule has 7 heteroatoms. The smallest absolute Gasteiger partial charge is 0.314 e. The van der Waals surface area contributed by atoms with Crippen molar-refractivity contribution < 1.29 is 13.2 Å². The Labute approximate surface area is 155 Å². The predicted molar refractivity (Wildman–Crippen MR) is 97.3 cm³/mol. The maximum absolute atomic E-state index is 13.0. The Hall–Kier alpha value is -0.490. The summed E-state index contributed by atoms with van der Waals surface area (Å²) in [6.45, 7) is 5.75. The summed E-state index contributed by atoms with van der Waals surface area (Å²) in [5.41, 5.74) is 0.258. The van der Waals surface area contributed by atoms with Crippen molar-refractivity contribution in [2.24, 2.45) is 0 Å². The Morgan fingerprint density at radius 2 is 1.79 bits per heavy atom. The third-order valence-corrected chi connectivity index (χ3v) is 4.27. The molecule has 0 amide bonds. The number of piperazine rings is 1. The molecule has 1 heterocycles. The summed E-state index contributed by atoms with van der Waals surface area (Å²) in [7, 11) is 0. The van der Waals surface area contributed by atoms with E-state index in [1.165, 1.54) is 12.1 Å². The van der Waals surface area contributed by atoms with Gasteiger partial charge in [0.1, 0.15) is 0 Å². The average Bonchev–Trinajstić information content (AvgIpc) is 2.52. The third kappa shape index (κ3) is 6.79. The Bertz CT molecular complexity index is 463. The van der Waals surface area contributed by atoms with Crippen LogP contribution in [0.5, 0.6) is 0 Å². The van der Waals surface area contributed by atoms with Crippen molar-refractivity contribution >= 4 is 24.8 Å². The molecule has 0 aromatic heterocycles. The van der Waals surface area contributed by atoms with Crippen LogP contribution in [0.4, 0.5) is 13.2 Å². The van der Waals surface area contributed by atoms with Gasteiger partial charge in [0.25, 0.3) is 0 Å². The van der Waals surface area contributed by atoms with Crippen molar-refractivity contribution in [1.29, 1.82) is 0 Å². The fourth-order valence-corrected chi connectivity index (χ4v) is 3.06. The zero-order valence-corrected chi connectivity index (χ0v) is 15.6. The Morgan fingerprint density at radius 3 is 2.38 bits per heavy atom. The first-order valence-electron chi connectivity index (χ1n) is 8.14. The molecule has 1 atom stereocenters. The number of halogens is 5. The number of nitrogens with one attached hydrogen (secondary N) is 1. The van der Waals surface area contributed by atoms with Gasteiger partial charge in [0, 0.05) is 32.2 Å². The van der Waals surface area contributed by atoms with E-state index in [2.05, 4.69) is 17.1 Å². The molecule has 1 saturated heterocycles. The number of benzene rings is 1. The molecule has 1 aromatic rings. The second-order valence-electron chi connectivity index (χ2n) is 5.92. The van der Waals surface area contributed by atoms with Gasteiger partial charge in [-0.25, -0.2) is 0 Å². The van der Waals surface area contributed by atoms with Crippen molar-refractivity contribution in [3.63, 3.8) is 0 Å². The molecule has 0 unspecified atom stereocenters. The number of rotatable bonds is 6. The molecule has 2 rings (SSSR count). The summed E-state index contributed by atoms with van der Waals surface area (Å²) in [5, 5.41) is 3.30. The molecule has 140 valence electrons. The van der Waals surface area contributed by atoms with Crippen LogP contribution in [0.3, 0.4) is 0 Å². The van der Waals surface area contributed by atoms with E-state index >= 15 is 0 Å². The van der Waals surface area contributed by atoms with Crippen LogP contribution in [0.25, 0.3) is 0 Å². The minimum absolute atomic E-state index is 0. The van der Waals surface area contributed by atoms with Crippen LogP contribution >= 0.6 is 24.8 Å². The molecule has 2 nitrogen and oxygen atoms in total. The van der Waals surface area contributed by atoms with Gasteiger partial charge < -0.3 is 5.32 Å². The summed E-state index contributed by atoms with van der Waals surface area (Å²) in [4.78, 5) is 2.32. The van der Waals surface area contributed by atoms with Gasteiger partial charge in [-0.05, 0) is 24.1 Å². The molecule has 1 fully saturated rings. The molecule has 24 heavy (non-hydrogen) atoms. The van der Waals surface area contributed by atoms with Gasteiger partial charge in [-0.2, -0.15) is 13.2 Å². The SMILES string of the molecule is CCCCC[C@@H](c1cccc(C(F)(F)F)c1)N1CCNCC1.Cl.Cl. The molecule has 0 bridgehead atoms. The van der Waals surface area contributed by atoms with E-state index in [9.17, 15) is 13.2 Å². The molecule has 0 saturated carbocycles. The molecule has 1 aliphatic rings. The van der Waals surface area contributed by atoms with Gasteiger partial charge in [0.15, 0.2) is 0 Å². The molecular formula is C17H27Cl2F3N2. The number of unbranched alkanes of at least 4 members (excludes halogenated alkanes) is 2. The molecule has 0 aliphatic carbocycles. The summed E-state index contributed by atoms with van der Waals surface area (Å²) < 4.78 is 38.9. The highest BCUT2D eigenvalue weighted by Gasteiger charge is 2.31. The highest BCUT2D eigenvalue weighted by Crippen LogP contribution is 2.33. The van der Waals surface area contributed by atoms with Crippen LogP contribution in [0.2, 0.25) is 0 Å². The normalized spacial score (nSPS) is 16.8. The van der Waals surface area contributed by atoms with E-state index < -0.39 is 11.7 Å². The minimum Gasteiger partial charge on any atom is -0.314 e.